The molecule has 0 unspecified atom stereocenters. The van der Waals surface area contributed by atoms with Gasteiger partial charge < -0.3 is 0 Å². The third-order valence-corrected chi connectivity index (χ3v) is 8.67. The molecule has 0 radical (unpaired) electrons. The summed E-state index contributed by atoms with van der Waals surface area (Å²) in [7, 11) is 1.48. The molecule has 0 aliphatic carbocycles. The van der Waals surface area contributed by atoms with Crippen molar-refractivity contribution in [2.45, 2.75) is 29.9 Å². The van der Waals surface area contributed by atoms with Crippen molar-refractivity contribution in [3.63, 3.8) is 0 Å². The summed E-state index contributed by atoms with van der Waals surface area (Å²) in [6.45, 7) is 2.14. The molecule has 1 fully saturated rings. The number of rotatable bonds is 6. The first-order valence-electron chi connectivity index (χ1n) is 10.3. The third kappa shape index (κ3) is 3.72. The zero-order valence-electron chi connectivity index (χ0n) is 17.2. The Morgan fingerprint density at radius 3 is 1.87 bits per heavy atom. The second kappa shape index (κ2) is 9.18. The molecular formula is C26H26O3Se. The van der Waals surface area contributed by atoms with E-state index in [9.17, 15) is 4.79 Å². The van der Waals surface area contributed by atoms with E-state index in [1.165, 1.54) is 11.6 Å². The Labute approximate surface area is 184 Å². The molecule has 1 heterocycles. The van der Waals surface area contributed by atoms with E-state index >= 15 is 0 Å². The molecular weight excluding hydrogens is 439 g/mol. The Morgan fingerprint density at radius 1 is 0.900 bits per heavy atom. The van der Waals surface area contributed by atoms with E-state index in [1.54, 1.807) is 0 Å². The van der Waals surface area contributed by atoms with Crippen LogP contribution in [0.1, 0.15) is 24.5 Å². The Hall–Kier alpha value is -2.39. The van der Waals surface area contributed by atoms with Crippen LogP contribution in [0.15, 0.2) is 91.0 Å². The number of hydrogen-bond acceptors (Lipinski definition) is 3. The summed E-state index contributed by atoms with van der Waals surface area (Å²) in [5, 5.41) is 0. The van der Waals surface area contributed by atoms with Gasteiger partial charge in [0.25, 0.3) is 0 Å². The standard InChI is InChI=1S/C26H26O3Se/c1-3-22-24(30-21-17-11-6-12-18-21)23(25(27)28-2)26(29-22,19-13-7-4-8-14-19)20-15-9-5-10-16-20/h4-18,22-24H,3H2,1-2H3/t22-,23+,24-/m1/s1. The van der Waals surface area contributed by atoms with Crippen molar-refractivity contribution in [1.82, 2.24) is 0 Å². The molecule has 0 saturated carbocycles. The molecule has 1 aliphatic rings. The molecule has 0 aromatic heterocycles. The van der Waals surface area contributed by atoms with Gasteiger partial charge in [0.2, 0.25) is 0 Å². The zero-order valence-corrected chi connectivity index (χ0v) is 18.9. The van der Waals surface area contributed by atoms with E-state index in [-0.39, 0.29) is 31.8 Å². The van der Waals surface area contributed by atoms with Crippen molar-refractivity contribution in [3.8, 4) is 0 Å². The molecule has 154 valence electrons. The van der Waals surface area contributed by atoms with Crippen LogP contribution >= 0.6 is 0 Å². The molecule has 0 bridgehead atoms. The van der Waals surface area contributed by atoms with Gasteiger partial charge in [0, 0.05) is 0 Å². The van der Waals surface area contributed by atoms with Gasteiger partial charge in [-0.15, -0.1) is 0 Å². The van der Waals surface area contributed by atoms with Crippen LogP contribution in [-0.4, -0.2) is 34.1 Å². The normalized spacial score (nSPS) is 22.5. The summed E-state index contributed by atoms with van der Waals surface area (Å²) >= 11 is 0.0616. The molecule has 4 heteroatoms. The van der Waals surface area contributed by atoms with Crippen LogP contribution in [0.25, 0.3) is 0 Å². The summed E-state index contributed by atoms with van der Waals surface area (Å²) in [6, 6.07) is 30.7. The van der Waals surface area contributed by atoms with Crippen molar-refractivity contribution in [1.29, 1.82) is 0 Å². The Balaban J connectivity index is 1.90. The second-order valence-electron chi connectivity index (χ2n) is 7.43. The van der Waals surface area contributed by atoms with E-state index in [0.29, 0.717) is 0 Å². The summed E-state index contributed by atoms with van der Waals surface area (Å²) in [6.07, 6.45) is 0.809. The van der Waals surface area contributed by atoms with Gasteiger partial charge in [-0.3, -0.25) is 0 Å². The fourth-order valence-electron chi connectivity index (χ4n) is 4.40. The van der Waals surface area contributed by atoms with Gasteiger partial charge in [-0.1, -0.05) is 0 Å². The number of carbonyl (C=O) groups is 1. The Morgan fingerprint density at radius 2 is 1.40 bits per heavy atom. The average Bonchev–Trinajstić information content (AvgIpc) is 3.15. The van der Waals surface area contributed by atoms with Gasteiger partial charge in [0.1, 0.15) is 0 Å². The van der Waals surface area contributed by atoms with Gasteiger partial charge in [-0.2, -0.15) is 0 Å². The summed E-state index contributed by atoms with van der Waals surface area (Å²) in [4.78, 5) is 13.4. The summed E-state index contributed by atoms with van der Waals surface area (Å²) in [5.74, 6) is -0.626. The van der Waals surface area contributed by atoms with E-state index in [4.69, 9.17) is 9.47 Å². The number of esters is 1. The van der Waals surface area contributed by atoms with Crippen molar-refractivity contribution < 1.29 is 14.3 Å². The third-order valence-electron chi connectivity index (χ3n) is 5.75. The molecule has 3 aromatic carbocycles. The maximum absolute atomic E-state index is 13.3. The van der Waals surface area contributed by atoms with E-state index in [2.05, 4.69) is 55.5 Å². The van der Waals surface area contributed by atoms with Crippen molar-refractivity contribution in [3.05, 3.63) is 102 Å². The average molecular weight is 465 g/mol. The molecule has 1 saturated heterocycles. The van der Waals surface area contributed by atoms with Crippen LogP contribution in [-0.2, 0) is 19.9 Å². The van der Waals surface area contributed by atoms with Gasteiger partial charge in [0.05, 0.1) is 0 Å². The first-order chi connectivity index (χ1) is 14.7. The predicted molar refractivity (Wildman–Crippen MR) is 120 cm³/mol. The molecule has 3 nitrogen and oxygen atoms in total. The fourth-order valence-corrected chi connectivity index (χ4v) is 7.48. The van der Waals surface area contributed by atoms with Crippen LogP contribution < -0.4 is 4.46 Å². The predicted octanol–water partition coefficient (Wildman–Crippen LogP) is 4.35. The summed E-state index contributed by atoms with van der Waals surface area (Å²) in [5.41, 5.74) is 1.13. The molecule has 3 aromatic rings. The van der Waals surface area contributed by atoms with Crippen LogP contribution in [0.4, 0.5) is 0 Å². The van der Waals surface area contributed by atoms with Crippen molar-refractivity contribution in [2.24, 2.45) is 5.92 Å². The van der Waals surface area contributed by atoms with Gasteiger partial charge in [0.15, 0.2) is 0 Å². The molecule has 0 amide bonds. The zero-order chi connectivity index (χ0) is 21.0. The number of carbonyl (C=O) groups excluding carboxylic acids is 1. The number of ether oxygens (including phenoxy) is 2. The number of hydrogen-bond donors (Lipinski definition) is 0. The molecule has 4 rings (SSSR count). The van der Waals surface area contributed by atoms with Crippen LogP contribution in [0.5, 0.6) is 0 Å². The van der Waals surface area contributed by atoms with Crippen LogP contribution in [0.2, 0.25) is 4.82 Å². The number of benzene rings is 3. The van der Waals surface area contributed by atoms with Gasteiger partial charge in [-0.25, -0.2) is 0 Å². The first-order valence-corrected chi connectivity index (χ1v) is 12.1. The Bertz CT molecular complexity index is 920. The second-order valence-corrected chi connectivity index (χ2v) is 10.1. The van der Waals surface area contributed by atoms with E-state index < -0.39 is 11.5 Å². The Kier molecular flexibility index (Phi) is 6.38. The van der Waals surface area contributed by atoms with E-state index in [0.717, 1.165) is 17.5 Å². The first kappa shape index (κ1) is 20.9. The summed E-state index contributed by atoms with van der Waals surface area (Å²) < 4.78 is 13.6. The van der Waals surface area contributed by atoms with E-state index in [1.807, 2.05) is 42.5 Å². The fraction of sp³-hybridized carbons (Fsp3) is 0.269. The minimum atomic E-state index is -0.864. The quantitative estimate of drug-likeness (QED) is 0.401. The van der Waals surface area contributed by atoms with Crippen molar-refractivity contribution in [2.75, 3.05) is 7.11 Å². The van der Waals surface area contributed by atoms with Gasteiger partial charge >= 0.3 is 185 Å². The van der Waals surface area contributed by atoms with Gasteiger partial charge in [-0.05, 0) is 0 Å². The van der Waals surface area contributed by atoms with Crippen LogP contribution in [0, 0.1) is 5.92 Å². The minimum absolute atomic E-state index is 0.0327. The molecule has 1 aliphatic heterocycles. The maximum atomic E-state index is 13.3. The SMILES string of the molecule is CC[C@H]1OC(c2ccccc2)(c2ccccc2)[C@H](C(=O)OC)[C@@H]1[Se]c1ccccc1. The van der Waals surface area contributed by atoms with Crippen LogP contribution in [0.3, 0.4) is 0 Å². The molecule has 0 spiro atoms. The van der Waals surface area contributed by atoms with Crippen molar-refractivity contribution >= 4 is 25.4 Å². The molecule has 0 N–H and O–H groups in total. The molecule has 30 heavy (non-hydrogen) atoms. The molecule has 3 atom stereocenters. The number of methoxy groups -OCH3 is 1. The monoisotopic (exact) mass is 466 g/mol. The topological polar surface area (TPSA) is 35.5 Å².